The Labute approximate surface area is 244 Å². The van der Waals surface area contributed by atoms with Gasteiger partial charge in [0.05, 0.1) is 5.56 Å². The number of carbonyl (C=O) groups is 4. The molecule has 1 aliphatic rings. The second kappa shape index (κ2) is 13.0. The largest absolute Gasteiger partial charge is 0.456 e. The predicted octanol–water partition coefficient (Wildman–Crippen LogP) is 5.06. The van der Waals surface area contributed by atoms with Gasteiger partial charge in [-0.15, -0.1) is 0 Å². The topological polar surface area (TPSA) is 149 Å². The number of esters is 1. The monoisotopic (exact) mass is 570 g/mol. The van der Waals surface area contributed by atoms with Gasteiger partial charge in [0.15, 0.2) is 0 Å². The van der Waals surface area contributed by atoms with Gasteiger partial charge in [-0.3, -0.25) is 10.1 Å². The number of anilines is 1. The first-order valence-electron chi connectivity index (χ1n) is 13.5. The number of ether oxygens (including phenoxy) is 2. The van der Waals surface area contributed by atoms with Crippen molar-refractivity contribution in [2.45, 2.75) is 38.7 Å². The van der Waals surface area contributed by atoms with Gasteiger partial charge in [-0.05, 0) is 73.7 Å². The molecule has 5 N–H and O–H groups in total. The molecule has 0 aliphatic heterocycles. The summed E-state index contributed by atoms with van der Waals surface area (Å²) in [6.07, 6.45) is 0.871. The van der Waals surface area contributed by atoms with E-state index in [0.717, 1.165) is 22.3 Å². The fourth-order valence-electron chi connectivity index (χ4n) is 4.58. The number of amides is 4. The third-order valence-electron chi connectivity index (χ3n) is 6.39. The van der Waals surface area contributed by atoms with Crippen LogP contribution in [0.2, 0.25) is 0 Å². The lowest BCUT2D eigenvalue weighted by molar-refractivity contribution is -0.113. The van der Waals surface area contributed by atoms with Crippen molar-refractivity contribution in [3.05, 3.63) is 101 Å². The molecule has 0 saturated heterocycles. The molecule has 0 unspecified atom stereocenters. The molecule has 3 aromatic rings. The van der Waals surface area contributed by atoms with Gasteiger partial charge in [0.1, 0.15) is 17.9 Å². The van der Waals surface area contributed by atoms with Crippen LogP contribution in [0.5, 0.6) is 0 Å². The molecule has 42 heavy (non-hydrogen) atoms. The van der Waals surface area contributed by atoms with Crippen molar-refractivity contribution in [2.24, 2.45) is 5.73 Å². The second-order valence-corrected chi connectivity index (χ2v) is 10.7. The van der Waals surface area contributed by atoms with Crippen molar-refractivity contribution < 1.29 is 28.7 Å². The number of hydrogen-bond donors (Lipinski definition) is 4. The highest BCUT2D eigenvalue weighted by molar-refractivity contribution is 6.05. The molecule has 4 rings (SSSR count). The third kappa shape index (κ3) is 7.75. The number of alkyl carbamates (subject to hydrolysis) is 1. The molecule has 0 aromatic heterocycles. The number of nitrogens with two attached hydrogens (primary N) is 1. The summed E-state index contributed by atoms with van der Waals surface area (Å²) in [6.45, 7) is 5.55. The maximum Gasteiger partial charge on any atom is 0.411 e. The van der Waals surface area contributed by atoms with E-state index in [1.54, 1.807) is 32.9 Å². The van der Waals surface area contributed by atoms with Gasteiger partial charge in [0.25, 0.3) is 5.91 Å². The molecule has 0 atom stereocenters. The molecule has 0 fully saturated rings. The Morgan fingerprint density at radius 3 is 2.05 bits per heavy atom. The molecule has 0 bridgehead atoms. The van der Waals surface area contributed by atoms with Gasteiger partial charge in [0.2, 0.25) is 0 Å². The number of hydrogen-bond acceptors (Lipinski definition) is 6. The standard InChI is InChI=1S/C32H34N4O6/c1-32(2,3)42-29(38)20-14-16-21(17-15-20)35-28(37)27(13-8-18-34-30(33)39)36-31(40)41-19-26-24-11-6-4-9-22(24)23-10-5-7-12-25(23)26/h4-7,9-17,26H,8,18-19H2,1-3H3,(H,35,37)(H,36,40)(H3,33,34,39)/b27-13-. The van der Waals surface area contributed by atoms with Crippen molar-refractivity contribution in [1.29, 1.82) is 0 Å². The second-order valence-electron chi connectivity index (χ2n) is 10.7. The normalized spacial score (nSPS) is 12.5. The molecule has 1 aliphatic carbocycles. The molecule has 0 heterocycles. The van der Waals surface area contributed by atoms with Gasteiger partial charge < -0.3 is 25.8 Å². The molecular formula is C32H34N4O6. The molecule has 0 saturated carbocycles. The molecule has 10 nitrogen and oxygen atoms in total. The highest BCUT2D eigenvalue weighted by atomic mass is 16.6. The zero-order valence-electron chi connectivity index (χ0n) is 23.7. The summed E-state index contributed by atoms with van der Waals surface area (Å²) in [5.41, 5.74) is 9.44. The van der Waals surface area contributed by atoms with Crippen molar-refractivity contribution in [1.82, 2.24) is 10.6 Å². The number of carbonyl (C=O) groups excluding carboxylic acids is 4. The zero-order valence-corrected chi connectivity index (χ0v) is 23.7. The van der Waals surface area contributed by atoms with E-state index in [1.807, 2.05) is 48.5 Å². The smallest absolute Gasteiger partial charge is 0.411 e. The Balaban J connectivity index is 1.42. The van der Waals surface area contributed by atoms with Gasteiger partial charge >= 0.3 is 18.1 Å². The number of fused-ring (bicyclic) bond motifs is 3. The number of benzene rings is 3. The number of rotatable bonds is 9. The summed E-state index contributed by atoms with van der Waals surface area (Å²) >= 11 is 0. The first-order valence-corrected chi connectivity index (χ1v) is 13.5. The van der Waals surface area contributed by atoms with E-state index in [0.29, 0.717) is 11.3 Å². The van der Waals surface area contributed by atoms with Crippen LogP contribution in [0, 0.1) is 0 Å². The molecule has 0 spiro atoms. The summed E-state index contributed by atoms with van der Waals surface area (Å²) in [4.78, 5) is 49.3. The van der Waals surface area contributed by atoms with E-state index in [2.05, 4.69) is 16.0 Å². The summed E-state index contributed by atoms with van der Waals surface area (Å²) in [5.74, 6) is -1.25. The van der Waals surface area contributed by atoms with E-state index < -0.39 is 29.6 Å². The van der Waals surface area contributed by atoms with Crippen LogP contribution in [0.1, 0.15) is 54.6 Å². The van der Waals surface area contributed by atoms with Crippen molar-refractivity contribution in [3.8, 4) is 11.1 Å². The van der Waals surface area contributed by atoms with E-state index >= 15 is 0 Å². The van der Waals surface area contributed by atoms with E-state index in [-0.39, 0.29) is 31.2 Å². The van der Waals surface area contributed by atoms with Gasteiger partial charge in [-0.2, -0.15) is 0 Å². The van der Waals surface area contributed by atoms with Crippen molar-refractivity contribution in [3.63, 3.8) is 0 Å². The maximum absolute atomic E-state index is 13.1. The fraction of sp³-hybridized carbons (Fsp3) is 0.250. The van der Waals surface area contributed by atoms with E-state index in [4.69, 9.17) is 15.2 Å². The van der Waals surface area contributed by atoms with Crippen LogP contribution in [0.15, 0.2) is 84.6 Å². The lowest BCUT2D eigenvalue weighted by Gasteiger charge is -2.19. The Morgan fingerprint density at radius 1 is 0.881 bits per heavy atom. The van der Waals surface area contributed by atoms with Crippen LogP contribution in [0.4, 0.5) is 15.3 Å². The van der Waals surface area contributed by atoms with Crippen LogP contribution in [0.3, 0.4) is 0 Å². The zero-order chi connectivity index (χ0) is 30.3. The molecule has 218 valence electrons. The first kappa shape index (κ1) is 29.9. The molecule has 10 heteroatoms. The highest BCUT2D eigenvalue weighted by Gasteiger charge is 2.29. The lowest BCUT2D eigenvalue weighted by Crippen LogP contribution is -2.33. The van der Waals surface area contributed by atoms with E-state index in [1.165, 1.54) is 18.2 Å². The van der Waals surface area contributed by atoms with E-state index in [9.17, 15) is 19.2 Å². The molecular weight excluding hydrogens is 536 g/mol. The average Bonchev–Trinajstić information content (AvgIpc) is 3.26. The minimum Gasteiger partial charge on any atom is -0.456 e. The summed E-state index contributed by atoms with van der Waals surface area (Å²) in [5, 5.41) is 7.65. The minimum absolute atomic E-state index is 0.0735. The Morgan fingerprint density at radius 2 is 1.48 bits per heavy atom. The van der Waals surface area contributed by atoms with Crippen LogP contribution in [-0.2, 0) is 14.3 Å². The molecule has 3 aromatic carbocycles. The maximum atomic E-state index is 13.1. The number of primary amides is 1. The van der Waals surface area contributed by atoms with Gasteiger partial charge in [-0.1, -0.05) is 54.6 Å². The third-order valence-corrected chi connectivity index (χ3v) is 6.39. The van der Waals surface area contributed by atoms with Crippen LogP contribution >= 0.6 is 0 Å². The summed E-state index contributed by atoms with van der Waals surface area (Å²) < 4.78 is 10.9. The van der Waals surface area contributed by atoms with Crippen molar-refractivity contribution in [2.75, 3.05) is 18.5 Å². The fourth-order valence-corrected chi connectivity index (χ4v) is 4.58. The number of nitrogens with one attached hydrogen (secondary N) is 3. The quantitative estimate of drug-likeness (QED) is 0.161. The van der Waals surface area contributed by atoms with Crippen molar-refractivity contribution >= 4 is 29.7 Å². The van der Waals surface area contributed by atoms with Crippen LogP contribution < -0.4 is 21.7 Å². The highest BCUT2D eigenvalue weighted by Crippen LogP contribution is 2.44. The predicted molar refractivity (Wildman–Crippen MR) is 159 cm³/mol. The number of urea groups is 1. The van der Waals surface area contributed by atoms with Gasteiger partial charge in [0, 0.05) is 18.2 Å². The Bertz CT molecular complexity index is 1460. The minimum atomic E-state index is -0.804. The van der Waals surface area contributed by atoms with Crippen LogP contribution in [0.25, 0.3) is 11.1 Å². The average molecular weight is 571 g/mol. The first-order chi connectivity index (χ1) is 20.0. The SMILES string of the molecule is CC(C)(C)OC(=O)c1ccc(NC(=O)/C(=C/CCNC(N)=O)NC(=O)OCC2c3ccccc3-c3ccccc32)cc1. The van der Waals surface area contributed by atoms with Gasteiger partial charge in [-0.25, -0.2) is 14.4 Å². The Hall–Kier alpha value is -5.12. The summed E-state index contributed by atoms with van der Waals surface area (Å²) in [6, 6.07) is 21.4. The lowest BCUT2D eigenvalue weighted by atomic mass is 9.98. The summed E-state index contributed by atoms with van der Waals surface area (Å²) in [7, 11) is 0. The molecule has 0 radical (unpaired) electrons. The molecule has 4 amide bonds. The Kier molecular flexibility index (Phi) is 9.26. The van der Waals surface area contributed by atoms with Crippen LogP contribution in [-0.4, -0.2) is 42.8 Å².